The van der Waals surface area contributed by atoms with Crippen LogP contribution in [0.1, 0.15) is 0 Å². The van der Waals surface area contributed by atoms with Gasteiger partial charge in [0.25, 0.3) is 0 Å². The van der Waals surface area contributed by atoms with Crippen LogP contribution in [0.5, 0.6) is 5.75 Å². The van der Waals surface area contributed by atoms with Crippen molar-refractivity contribution in [1.29, 1.82) is 0 Å². The molecule has 2 N–H and O–H groups in total. The van der Waals surface area contributed by atoms with Gasteiger partial charge in [0.2, 0.25) is 0 Å². The molecular weight excluding hydrogens is 1650 g/mol. The second-order valence-electron chi connectivity index (χ2n) is 30.3. The normalized spacial score (nSPS) is 11.9. The van der Waals surface area contributed by atoms with Crippen LogP contribution in [0.15, 0.2) is 400 Å². The summed E-state index contributed by atoms with van der Waals surface area (Å²) in [6.45, 7) is 0. The molecule has 0 radical (unpaired) electrons. The van der Waals surface area contributed by atoms with Crippen molar-refractivity contribution in [1.82, 2.24) is 29.9 Å². The molecule has 0 bridgehead atoms. The maximum absolute atomic E-state index is 14.6. The Kier molecular flexibility index (Phi) is 22.6. The average molecular weight is 1720 g/mol. The van der Waals surface area contributed by atoms with Gasteiger partial charge in [-0.15, -0.1) is 0 Å². The van der Waals surface area contributed by atoms with Crippen molar-refractivity contribution in [3.8, 4) is 130 Å². The molecule has 0 saturated heterocycles. The Balaban J connectivity index is 0.000000139. The number of fused-ring (bicyclic) bond motifs is 8. The fourth-order valence-electron chi connectivity index (χ4n) is 15.7. The summed E-state index contributed by atoms with van der Waals surface area (Å²) < 4.78 is 152. The molecule has 0 saturated carbocycles. The Morgan fingerprint density at radius 3 is 0.898 bits per heavy atom. The summed E-state index contributed by atoms with van der Waals surface area (Å²) in [5.41, 5.74) is 14.1. The van der Waals surface area contributed by atoms with Crippen molar-refractivity contribution >= 4 is 87.3 Å². The zero-order valence-corrected chi connectivity index (χ0v) is 68.1. The van der Waals surface area contributed by atoms with E-state index in [0.29, 0.717) is 56.7 Å². The molecule has 22 heteroatoms. The Morgan fingerprint density at radius 2 is 0.516 bits per heavy atom. The molecule has 0 fully saturated rings. The number of hydrogen-bond donors (Lipinski definition) is 2. The lowest BCUT2D eigenvalue weighted by Gasteiger charge is -2.32. The minimum atomic E-state index is -7.46. The van der Waals surface area contributed by atoms with Crippen molar-refractivity contribution < 1.29 is 62.2 Å². The molecule has 0 spiro atoms. The first-order valence-electron chi connectivity index (χ1n) is 40.5. The summed E-state index contributed by atoms with van der Waals surface area (Å²) in [5.74, 6) is -13.2. The van der Waals surface area contributed by atoms with Gasteiger partial charge < -0.3 is 14.2 Å². The standard InChI is InChI=1S/C51H33N3.C35H20F9N3O3S.C20H15BO2/c1-3-13-39(14-4-1)49-52-50(40-15-5-2-6-16-40)54-51(53-49)41-26-24-38(25-27-41)48-46-18-10-8-12-36(46)29-32-47(48)37-21-19-34(20-22-37)42-30-31-45-43(33-42)28-23-35-11-7-9-17-44(35)45;36-32(37,34(40,41)42)33(38,39)35(43,44)51(48,49)50-27-20-19-21-9-7-8-14-26(21)28(27)22-15-17-25(18-16-22)31-46-29(23-10-3-1-4-11-23)45-30(47-31)24-12-5-2-6-13-24;22-21(23)18-10-7-14(8-11-18)16-9-12-20-17(13-16)6-5-15-3-1-2-4-19(15)20/h1-33H;1-20H;1-13,22-23H. The first kappa shape index (κ1) is 83.5. The SMILES string of the molecule is O=S(=O)(Oc1ccc2ccccc2c1-c1ccc(-c2nc(-c3ccccc3)nc(-c3ccccc3)n2)cc1)C(F)(F)C(F)(F)C(F)(F)C(F)(F)F.OB(O)c1ccc(-c2ccc3c(ccc4ccccc43)c2)cc1.c1ccc(-c2nc(-c3ccccc3)nc(-c3ccc(-c4c(-c5ccc(-c6ccc7c(ccc8ccccc87)c6)cc5)ccc5ccccc45)cc3)n2)cc1. The molecule has 20 aromatic rings. The van der Waals surface area contributed by atoms with Gasteiger partial charge in [0, 0.05) is 38.9 Å². The fourth-order valence-corrected chi connectivity index (χ4v) is 16.6. The Bertz CT molecular complexity index is 7540. The molecule has 2 heterocycles. The third-order valence-corrected chi connectivity index (χ3v) is 23.6. The summed E-state index contributed by atoms with van der Waals surface area (Å²) in [6.07, 6.45) is -7.23. The summed E-state index contributed by atoms with van der Waals surface area (Å²) in [5, 5.41) is 24.3. The first-order valence-corrected chi connectivity index (χ1v) is 41.9. The number of nitrogens with zero attached hydrogens (tertiary/aromatic N) is 6. The maximum Gasteiger partial charge on any atom is 0.488 e. The van der Waals surface area contributed by atoms with Gasteiger partial charge in [-0.1, -0.05) is 382 Å². The first-order chi connectivity index (χ1) is 61.9. The highest BCUT2D eigenvalue weighted by atomic mass is 32.2. The third kappa shape index (κ3) is 16.5. The summed E-state index contributed by atoms with van der Waals surface area (Å²) in [7, 11) is -8.64. The summed E-state index contributed by atoms with van der Waals surface area (Å²) >= 11 is 0. The van der Waals surface area contributed by atoms with Crippen molar-refractivity contribution in [3.05, 3.63) is 400 Å². The maximum atomic E-state index is 14.6. The molecule has 2 aromatic heterocycles. The smallest absolute Gasteiger partial charge is 0.423 e. The van der Waals surface area contributed by atoms with Crippen LogP contribution in [0.4, 0.5) is 39.5 Å². The van der Waals surface area contributed by atoms with E-state index in [-0.39, 0.29) is 22.3 Å². The van der Waals surface area contributed by atoms with Gasteiger partial charge in [-0.2, -0.15) is 47.9 Å². The van der Waals surface area contributed by atoms with Gasteiger partial charge in [-0.3, -0.25) is 0 Å². The zero-order chi connectivity index (χ0) is 88.5. The van der Waals surface area contributed by atoms with Crippen LogP contribution >= 0.6 is 0 Å². The van der Waals surface area contributed by atoms with E-state index in [1.54, 1.807) is 66.7 Å². The molecular formula is C106H68BF9N6O5S. The molecule has 0 amide bonds. The van der Waals surface area contributed by atoms with Crippen LogP contribution in [0.25, 0.3) is 189 Å². The van der Waals surface area contributed by atoms with E-state index >= 15 is 0 Å². The van der Waals surface area contributed by atoms with E-state index < -0.39 is 46.3 Å². The Labute approximate surface area is 728 Å². The van der Waals surface area contributed by atoms with Gasteiger partial charge in [-0.05, 0) is 138 Å². The van der Waals surface area contributed by atoms with Gasteiger partial charge in [0.15, 0.2) is 40.7 Å². The van der Waals surface area contributed by atoms with Crippen LogP contribution < -0.4 is 9.65 Å². The Morgan fingerprint density at radius 1 is 0.242 bits per heavy atom. The van der Waals surface area contributed by atoms with E-state index in [1.165, 1.54) is 124 Å². The quantitative estimate of drug-likeness (QED) is 0.0386. The van der Waals surface area contributed by atoms with Crippen LogP contribution in [-0.4, -0.2) is 78.8 Å². The molecule has 0 atom stereocenters. The molecule has 18 aromatic carbocycles. The number of halogens is 9. The van der Waals surface area contributed by atoms with E-state index in [1.807, 2.05) is 84.9 Å². The number of alkyl halides is 9. The summed E-state index contributed by atoms with van der Waals surface area (Å²) in [6, 6.07) is 129. The van der Waals surface area contributed by atoms with E-state index in [0.717, 1.165) is 45.5 Å². The molecule has 624 valence electrons. The van der Waals surface area contributed by atoms with Crippen molar-refractivity contribution in [2.75, 3.05) is 0 Å². The zero-order valence-electron chi connectivity index (χ0n) is 67.3. The van der Waals surface area contributed by atoms with Gasteiger partial charge in [0.1, 0.15) is 0 Å². The van der Waals surface area contributed by atoms with Gasteiger partial charge in [-0.25, -0.2) is 29.9 Å². The van der Waals surface area contributed by atoms with Crippen LogP contribution in [0.2, 0.25) is 0 Å². The summed E-state index contributed by atoms with van der Waals surface area (Å²) in [4.78, 5) is 28.5. The van der Waals surface area contributed by atoms with Gasteiger partial charge >= 0.3 is 40.5 Å². The number of benzene rings is 18. The van der Waals surface area contributed by atoms with Crippen LogP contribution in [0.3, 0.4) is 0 Å². The lowest BCUT2D eigenvalue weighted by molar-refractivity contribution is -0.382. The fraction of sp³-hybridized carbons (Fsp3) is 0.0377. The Hall–Kier alpha value is -15.4. The number of aromatic nitrogens is 6. The van der Waals surface area contributed by atoms with Gasteiger partial charge in [0.05, 0.1) is 0 Å². The highest BCUT2D eigenvalue weighted by Crippen LogP contribution is 2.56. The van der Waals surface area contributed by atoms with Crippen LogP contribution in [0, 0.1) is 0 Å². The minimum Gasteiger partial charge on any atom is -0.423 e. The minimum absolute atomic E-state index is 0.0528. The van der Waals surface area contributed by atoms with E-state index in [4.69, 9.17) is 15.0 Å². The molecule has 0 aliphatic carbocycles. The van der Waals surface area contributed by atoms with Crippen LogP contribution in [-0.2, 0) is 10.1 Å². The molecule has 0 aliphatic heterocycles. The lowest BCUT2D eigenvalue weighted by Crippen LogP contribution is -2.63. The predicted molar refractivity (Wildman–Crippen MR) is 491 cm³/mol. The molecule has 11 nitrogen and oxygen atoms in total. The highest BCUT2D eigenvalue weighted by Gasteiger charge is 2.86. The van der Waals surface area contributed by atoms with Crippen molar-refractivity contribution in [3.63, 3.8) is 0 Å². The van der Waals surface area contributed by atoms with Crippen molar-refractivity contribution in [2.45, 2.75) is 23.3 Å². The molecule has 128 heavy (non-hydrogen) atoms. The second kappa shape index (κ2) is 34.6. The van der Waals surface area contributed by atoms with E-state index in [9.17, 15) is 58.0 Å². The second-order valence-corrected chi connectivity index (χ2v) is 31.9. The van der Waals surface area contributed by atoms with Crippen molar-refractivity contribution in [2.24, 2.45) is 0 Å². The highest BCUT2D eigenvalue weighted by molar-refractivity contribution is 7.88. The topological polar surface area (TPSA) is 161 Å². The number of rotatable bonds is 17. The largest absolute Gasteiger partial charge is 0.488 e. The lowest BCUT2D eigenvalue weighted by atomic mass is 9.80. The number of hydrogen-bond acceptors (Lipinski definition) is 11. The van der Waals surface area contributed by atoms with E-state index in [2.05, 4.69) is 213 Å². The predicted octanol–water partition coefficient (Wildman–Crippen LogP) is 26.5. The molecule has 0 aliphatic rings. The molecule has 0 unspecified atom stereocenters. The monoisotopic (exact) mass is 1720 g/mol. The average Bonchev–Trinajstić information content (AvgIpc) is 0.716. The third-order valence-electron chi connectivity index (χ3n) is 22.3. The molecule has 20 rings (SSSR count).